The standard InChI is InChI=1S/C5H8ClIN2O/c1-5(2)3-8(7)4(10)9(5)6/h3H2,1-2H3. The normalized spacial score (nSPS) is 24.2. The van der Waals surface area contributed by atoms with Gasteiger partial charge in [-0.2, -0.15) is 0 Å². The molecule has 2 amide bonds. The van der Waals surface area contributed by atoms with Gasteiger partial charge in [0.1, 0.15) is 0 Å². The maximum Gasteiger partial charge on any atom is 0.344 e. The zero-order valence-corrected chi connectivity index (χ0v) is 8.68. The maximum absolute atomic E-state index is 11.0. The Morgan fingerprint density at radius 2 is 2.20 bits per heavy atom. The molecule has 0 bridgehead atoms. The lowest BCUT2D eigenvalue weighted by atomic mass is 10.1. The molecule has 0 atom stereocenters. The van der Waals surface area contributed by atoms with Crippen LogP contribution in [0.3, 0.4) is 0 Å². The Labute approximate surface area is 78.9 Å². The van der Waals surface area contributed by atoms with Crippen molar-refractivity contribution in [2.75, 3.05) is 6.54 Å². The van der Waals surface area contributed by atoms with E-state index >= 15 is 0 Å². The highest BCUT2D eigenvalue weighted by Crippen LogP contribution is 2.29. The zero-order chi connectivity index (χ0) is 7.94. The van der Waals surface area contributed by atoms with E-state index in [0.29, 0.717) is 6.54 Å². The molecule has 0 unspecified atom stereocenters. The predicted molar refractivity (Wildman–Crippen MR) is 47.9 cm³/mol. The highest BCUT2D eigenvalue weighted by atomic mass is 127. The van der Waals surface area contributed by atoms with Crippen LogP contribution in [-0.4, -0.2) is 25.6 Å². The molecule has 1 aliphatic rings. The van der Waals surface area contributed by atoms with Gasteiger partial charge in [0.2, 0.25) is 0 Å². The quantitative estimate of drug-likeness (QED) is 0.489. The van der Waals surface area contributed by atoms with Gasteiger partial charge in [-0.25, -0.2) is 9.21 Å². The Kier molecular flexibility index (Phi) is 2.02. The number of hydrogen-bond acceptors (Lipinski definition) is 1. The predicted octanol–water partition coefficient (Wildman–Crippen LogP) is 2.01. The number of amides is 2. The number of urea groups is 1. The summed E-state index contributed by atoms with van der Waals surface area (Å²) in [6.07, 6.45) is 0. The molecule has 10 heavy (non-hydrogen) atoms. The molecule has 0 aromatic carbocycles. The van der Waals surface area contributed by atoms with Crippen LogP contribution in [0.4, 0.5) is 4.79 Å². The van der Waals surface area contributed by atoms with Gasteiger partial charge in [0.05, 0.1) is 34.9 Å². The van der Waals surface area contributed by atoms with E-state index in [0.717, 1.165) is 0 Å². The molecule has 0 radical (unpaired) electrons. The zero-order valence-electron chi connectivity index (χ0n) is 5.77. The fourth-order valence-electron chi connectivity index (χ4n) is 0.824. The summed E-state index contributed by atoms with van der Waals surface area (Å²) in [5, 5.41) is 0. The first-order chi connectivity index (χ1) is 4.45. The van der Waals surface area contributed by atoms with Crippen LogP contribution in [0, 0.1) is 0 Å². The van der Waals surface area contributed by atoms with E-state index in [1.807, 2.05) is 36.7 Å². The van der Waals surface area contributed by atoms with Gasteiger partial charge in [-0.3, -0.25) is 3.11 Å². The van der Waals surface area contributed by atoms with E-state index < -0.39 is 0 Å². The highest BCUT2D eigenvalue weighted by molar-refractivity contribution is 14.1. The SMILES string of the molecule is CC1(C)CN(I)C(=O)N1Cl. The average molecular weight is 274 g/mol. The van der Waals surface area contributed by atoms with Crippen LogP contribution in [0.2, 0.25) is 0 Å². The second-order valence-electron chi connectivity index (χ2n) is 2.90. The Morgan fingerprint density at radius 3 is 2.30 bits per heavy atom. The van der Waals surface area contributed by atoms with Crippen molar-refractivity contribution in [2.24, 2.45) is 0 Å². The van der Waals surface area contributed by atoms with Gasteiger partial charge in [-0.1, -0.05) is 0 Å². The molecule has 1 rings (SSSR count). The van der Waals surface area contributed by atoms with E-state index in [-0.39, 0.29) is 11.6 Å². The first kappa shape index (κ1) is 8.39. The maximum atomic E-state index is 11.0. The van der Waals surface area contributed by atoms with E-state index in [2.05, 4.69) is 0 Å². The van der Waals surface area contributed by atoms with Gasteiger partial charge >= 0.3 is 6.03 Å². The van der Waals surface area contributed by atoms with Gasteiger partial charge < -0.3 is 0 Å². The van der Waals surface area contributed by atoms with Crippen molar-refractivity contribution >= 4 is 40.7 Å². The smallest absolute Gasteiger partial charge is 0.263 e. The first-order valence-corrected chi connectivity index (χ1v) is 4.19. The van der Waals surface area contributed by atoms with Crippen molar-refractivity contribution in [1.82, 2.24) is 7.53 Å². The topological polar surface area (TPSA) is 23.6 Å². The Balaban J connectivity index is 2.81. The van der Waals surface area contributed by atoms with E-state index in [1.165, 1.54) is 4.42 Å². The fraction of sp³-hybridized carbons (Fsp3) is 0.800. The van der Waals surface area contributed by atoms with Crippen molar-refractivity contribution < 1.29 is 4.79 Å². The third kappa shape index (κ3) is 1.18. The molecule has 1 heterocycles. The molecule has 0 N–H and O–H groups in total. The molecule has 0 aromatic rings. The van der Waals surface area contributed by atoms with Crippen molar-refractivity contribution in [3.05, 3.63) is 0 Å². The summed E-state index contributed by atoms with van der Waals surface area (Å²) in [6, 6.07) is -0.132. The summed E-state index contributed by atoms with van der Waals surface area (Å²) in [5.41, 5.74) is -0.236. The molecule has 5 heteroatoms. The number of carbonyl (C=O) groups excluding carboxylic acids is 1. The van der Waals surface area contributed by atoms with E-state index in [1.54, 1.807) is 3.11 Å². The van der Waals surface area contributed by atoms with Crippen molar-refractivity contribution in [3.8, 4) is 0 Å². The van der Waals surface area contributed by atoms with Crippen LogP contribution in [0.1, 0.15) is 13.8 Å². The number of rotatable bonds is 0. The number of halogens is 2. The lowest BCUT2D eigenvalue weighted by molar-refractivity contribution is 0.219. The Bertz CT molecular complexity index is 173. The summed E-state index contributed by atoms with van der Waals surface area (Å²) in [5.74, 6) is 0. The van der Waals surface area contributed by atoms with Crippen molar-refractivity contribution in [3.63, 3.8) is 0 Å². The number of carbonyl (C=O) groups is 1. The van der Waals surface area contributed by atoms with Crippen LogP contribution < -0.4 is 0 Å². The van der Waals surface area contributed by atoms with Crippen molar-refractivity contribution in [1.29, 1.82) is 0 Å². The molecule has 0 spiro atoms. The summed E-state index contributed by atoms with van der Waals surface area (Å²) in [4.78, 5) is 11.0. The molecular formula is C5H8ClIN2O. The third-order valence-corrected chi connectivity index (χ3v) is 2.79. The summed E-state index contributed by atoms with van der Waals surface area (Å²) in [7, 11) is 0. The highest BCUT2D eigenvalue weighted by Gasteiger charge is 2.41. The monoisotopic (exact) mass is 274 g/mol. The molecule has 58 valence electrons. The molecule has 0 aromatic heterocycles. The number of hydrogen-bond donors (Lipinski definition) is 0. The van der Waals surface area contributed by atoms with Gasteiger partial charge in [0.25, 0.3) is 0 Å². The Hall–Kier alpha value is 0.290. The Morgan fingerprint density at radius 1 is 1.70 bits per heavy atom. The lowest BCUT2D eigenvalue weighted by Crippen LogP contribution is -2.34. The second-order valence-corrected chi connectivity index (χ2v) is 4.40. The number of nitrogens with zero attached hydrogens (tertiary/aromatic N) is 2. The first-order valence-electron chi connectivity index (χ1n) is 2.88. The molecular weight excluding hydrogens is 266 g/mol. The summed E-state index contributed by atoms with van der Waals surface area (Å²) >= 11 is 7.64. The third-order valence-electron chi connectivity index (χ3n) is 1.43. The average Bonchev–Trinajstić information content (AvgIpc) is 1.95. The van der Waals surface area contributed by atoms with E-state index in [4.69, 9.17) is 11.8 Å². The molecule has 3 nitrogen and oxygen atoms in total. The fourth-order valence-corrected chi connectivity index (χ4v) is 2.15. The minimum absolute atomic E-state index is 0.132. The van der Waals surface area contributed by atoms with Gasteiger partial charge in [-0.05, 0) is 13.8 Å². The van der Waals surface area contributed by atoms with Crippen LogP contribution in [0.25, 0.3) is 0 Å². The molecule has 1 fully saturated rings. The summed E-state index contributed by atoms with van der Waals surface area (Å²) in [6.45, 7) is 4.53. The van der Waals surface area contributed by atoms with Gasteiger partial charge in [-0.15, -0.1) is 0 Å². The summed E-state index contributed by atoms with van der Waals surface area (Å²) < 4.78 is 2.81. The molecule has 1 aliphatic heterocycles. The molecule has 0 aliphatic carbocycles. The van der Waals surface area contributed by atoms with Crippen LogP contribution >= 0.6 is 34.6 Å². The lowest BCUT2D eigenvalue weighted by Gasteiger charge is -2.21. The van der Waals surface area contributed by atoms with Crippen LogP contribution in [-0.2, 0) is 0 Å². The largest absolute Gasteiger partial charge is 0.344 e. The minimum atomic E-state index is -0.236. The van der Waals surface area contributed by atoms with E-state index in [9.17, 15) is 4.79 Å². The van der Waals surface area contributed by atoms with Crippen LogP contribution in [0.15, 0.2) is 0 Å². The van der Waals surface area contributed by atoms with Crippen LogP contribution in [0.5, 0.6) is 0 Å². The molecule has 0 saturated carbocycles. The van der Waals surface area contributed by atoms with Gasteiger partial charge in [0.15, 0.2) is 0 Å². The van der Waals surface area contributed by atoms with Gasteiger partial charge in [0, 0.05) is 11.8 Å². The minimum Gasteiger partial charge on any atom is -0.263 e. The molecule has 1 saturated heterocycles. The van der Waals surface area contributed by atoms with Crippen molar-refractivity contribution in [2.45, 2.75) is 19.4 Å². The second kappa shape index (κ2) is 2.41.